The fourth-order valence-electron chi connectivity index (χ4n) is 16.5. The molecule has 0 N–H and O–H groups in total. The van der Waals surface area contributed by atoms with Crippen molar-refractivity contribution in [2.75, 3.05) is 0 Å². The summed E-state index contributed by atoms with van der Waals surface area (Å²) in [6, 6.07) is 82.9. The van der Waals surface area contributed by atoms with Gasteiger partial charge in [-0.15, -0.1) is 0 Å². The molecule has 0 atom stereocenters. The summed E-state index contributed by atoms with van der Waals surface area (Å²) in [6.45, 7) is 53.2. The van der Waals surface area contributed by atoms with Crippen LogP contribution < -0.4 is 28.5 Å². The maximum Gasteiger partial charge on any atom is 0.151 e. The molecular formula is C96H108BN3O3. The SMILES string of the molecule is Cc1ccc([N+](c2ccc(C)cc2C)(c2ccc(C)cc2C)c2ccc(C)cc2C)c(C)c1.Cc1ccc([N+](c2ccc(C)cc2C)(c2ccc(C)cc2C)c2ccc(C)cc2C)c(C)c1.Cc1ccc([N+](c2ccc(C)cc2C)(c2ccc(C)cc2C)c2ccc(C)cc2C)c(C)c1.[O-]B([O-])[O-]. The summed E-state index contributed by atoms with van der Waals surface area (Å²) in [6.07, 6.45) is 0. The molecular weight excluding hydrogens is 1250 g/mol. The lowest BCUT2D eigenvalue weighted by molar-refractivity contribution is -0.479. The highest BCUT2D eigenvalue weighted by Crippen LogP contribution is 2.59. The lowest BCUT2D eigenvalue weighted by Crippen LogP contribution is -2.56. The van der Waals surface area contributed by atoms with E-state index in [9.17, 15) is 0 Å². The molecule has 7 heteroatoms. The maximum absolute atomic E-state index is 8.42. The van der Waals surface area contributed by atoms with E-state index in [1.807, 2.05) is 0 Å². The molecule has 0 aliphatic heterocycles. The van der Waals surface area contributed by atoms with Gasteiger partial charge in [-0.1, -0.05) is 212 Å². The van der Waals surface area contributed by atoms with Gasteiger partial charge in [0, 0.05) is 140 Å². The van der Waals surface area contributed by atoms with E-state index in [4.69, 9.17) is 15.1 Å². The van der Waals surface area contributed by atoms with E-state index in [2.05, 4.69) is 385 Å². The average Bonchev–Trinajstić information content (AvgIpc) is 0.728. The topological polar surface area (TPSA) is 69.2 Å². The van der Waals surface area contributed by atoms with Crippen LogP contribution >= 0.6 is 0 Å². The monoisotopic (exact) mass is 1360 g/mol. The first-order valence-corrected chi connectivity index (χ1v) is 36.2. The van der Waals surface area contributed by atoms with E-state index in [-0.39, 0.29) is 0 Å². The number of rotatable bonds is 12. The third-order valence-corrected chi connectivity index (χ3v) is 20.6. The molecule has 0 saturated carbocycles. The second kappa shape index (κ2) is 32.0. The van der Waals surface area contributed by atoms with Gasteiger partial charge in [0.15, 0.2) is 68.2 Å². The van der Waals surface area contributed by atoms with Gasteiger partial charge in [0.05, 0.1) is 0 Å². The minimum atomic E-state index is -2.92. The van der Waals surface area contributed by atoms with Crippen LogP contribution in [0.1, 0.15) is 134 Å². The standard InChI is InChI=1S/3C32H36N.BO3/c3*1-21-9-13-29(25(5)17-21)33(30-14-10-22(2)18-26(30)6,31-15-11-23(3)19-27(31)7)32-16-12-24(4)20-28(32)8;2-1(3)4/h3*9-20H,1-8H3;/q3*+1;-3. The van der Waals surface area contributed by atoms with Crippen molar-refractivity contribution in [2.45, 2.75) is 166 Å². The summed E-state index contributed by atoms with van der Waals surface area (Å²) in [5.74, 6) is 0. The first-order chi connectivity index (χ1) is 48.6. The van der Waals surface area contributed by atoms with Crippen molar-refractivity contribution in [1.29, 1.82) is 0 Å². The van der Waals surface area contributed by atoms with E-state index in [1.165, 1.54) is 202 Å². The number of nitrogens with zero attached hydrogens (tertiary/aromatic N) is 3. The Hall–Kier alpha value is -9.54. The Morgan fingerprint density at radius 1 is 0.146 bits per heavy atom. The Morgan fingerprint density at radius 3 is 0.272 bits per heavy atom. The zero-order chi connectivity index (χ0) is 75.3. The van der Waals surface area contributed by atoms with Crippen molar-refractivity contribution < 1.29 is 15.1 Å². The fraction of sp³-hybridized carbons (Fsp3) is 0.250. The zero-order valence-corrected chi connectivity index (χ0v) is 65.9. The largest absolute Gasteiger partial charge is 0.907 e. The van der Waals surface area contributed by atoms with Crippen LogP contribution in [0.5, 0.6) is 0 Å². The molecule has 0 heterocycles. The Bertz CT molecular complexity index is 3970. The summed E-state index contributed by atoms with van der Waals surface area (Å²) in [5.41, 5.74) is 46.6. The van der Waals surface area contributed by atoms with Gasteiger partial charge < -0.3 is 15.1 Å². The van der Waals surface area contributed by atoms with Crippen molar-refractivity contribution in [3.63, 3.8) is 0 Å². The second-order valence-corrected chi connectivity index (χ2v) is 29.8. The molecule has 0 bridgehead atoms. The number of quaternary nitrogens is 3. The lowest BCUT2D eigenvalue weighted by Gasteiger charge is -2.40. The highest BCUT2D eigenvalue weighted by Gasteiger charge is 2.47. The Morgan fingerprint density at radius 2 is 0.214 bits per heavy atom. The van der Waals surface area contributed by atoms with E-state index in [0.29, 0.717) is 13.4 Å². The molecule has 0 unspecified atom stereocenters. The lowest BCUT2D eigenvalue weighted by atomic mass is 9.95. The average molecular weight is 1360 g/mol. The maximum atomic E-state index is 8.42. The first kappa shape index (κ1) is 77.6. The summed E-state index contributed by atoms with van der Waals surface area (Å²) in [7, 11) is -2.92. The van der Waals surface area contributed by atoms with Crippen molar-refractivity contribution >= 4 is 75.6 Å². The van der Waals surface area contributed by atoms with Gasteiger partial charge in [-0.25, -0.2) is 0 Å². The number of hydrogen-bond acceptors (Lipinski definition) is 3. The number of aryl methyl sites for hydroxylation is 24. The van der Waals surface area contributed by atoms with Gasteiger partial charge in [0.2, 0.25) is 0 Å². The summed E-state index contributed by atoms with van der Waals surface area (Å²) < 4.78 is 1.74. The molecule has 0 aliphatic carbocycles. The highest BCUT2D eigenvalue weighted by molar-refractivity contribution is 6.24. The smallest absolute Gasteiger partial charge is 0.151 e. The number of hydrogen-bond donors (Lipinski definition) is 0. The minimum Gasteiger partial charge on any atom is -0.907 e. The quantitative estimate of drug-likeness (QED) is 0.0904. The summed E-state index contributed by atoms with van der Waals surface area (Å²) in [5, 5.41) is 25.2. The van der Waals surface area contributed by atoms with Crippen LogP contribution in [0.15, 0.2) is 218 Å². The molecule has 0 radical (unpaired) electrons. The second-order valence-electron chi connectivity index (χ2n) is 29.8. The van der Waals surface area contributed by atoms with Gasteiger partial charge in [-0.2, -0.15) is 13.4 Å². The van der Waals surface area contributed by atoms with Gasteiger partial charge in [-0.3, -0.25) is 7.32 Å². The first-order valence-electron chi connectivity index (χ1n) is 36.2. The van der Waals surface area contributed by atoms with Crippen molar-refractivity contribution in [2.24, 2.45) is 0 Å². The van der Waals surface area contributed by atoms with Gasteiger partial charge in [0.1, 0.15) is 0 Å². The Kier molecular flexibility index (Phi) is 24.1. The third kappa shape index (κ3) is 15.9. The van der Waals surface area contributed by atoms with Crippen LogP contribution in [-0.4, -0.2) is 7.32 Å². The number of benzene rings is 12. The molecule has 6 nitrogen and oxygen atoms in total. The molecule has 0 saturated heterocycles. The normalized spacial score (nSPS) is 11.4. The fourth-order valence-corrected chi connectivity index (χ4v) is 16.5. The summed E-state index contributed by atoms with van der Waals surface area (Å²) in [4.78, 5) is 0. The molecule has 12 aromatic carbocycles. The Labute approximate surface area is 618 Å². The van der Waals surface area contributed by atoms with Crippen LogP contribution in [-0.2, 0) is 0 Å². The molecule has 0 aliphatic rings. The predicted octanol–water partition coefficient (Wildman–Crippen LogP) is 24.4. The molecule has 528 valence electrons. The molecule has 12 rings (SSSR count). The van der Waals surface area contributed by atoms with Gasteiger partial charge >= 0.3 is 0 Å². The predicted molar refractivity (Wildman–Crippen MR) is 439 cm³/mol. The molecule has 0 spiro atoms. The van der Waals surface area contributed by atoms with Crippen molar-refractivity contribution in [3.05, 3.63) is 352 Å². The Balaban J connectivity index is 0.000000175. The van der Waals surface area contributed by atoms with E-state index < -0.39 is 7.32 Å². The van der Waals surface area contributed by atoms with Gasteiger partial charge in [-0.05, 0) is 166 Å². The molecule has 103 heavy (non-hydrogen) atoms. The van der Waals surface area contributed by atoms with Crippen molar-refractivity contribution in [3.8, 4) is 0 Å². The van der Waals surface area contributed by atoms with E-state index in [1.54, 1.807) is 0 Å². The van der Waals surface area contributed by atoms with Crippen LogP contribution in [0.2, 0.25) is 0 Å². The molecule has 0 aromatic heterocycles. The molecule has 12 aromatic rings. The van der Waals surface area contributed by atoms with Crippen LogP contribution in [0, 0.1) is 166 Å². The van der Waals surface area contributed by atoms with Crippen LogP contribution in [0.25, 0.3) is 0 Å². The van der Waals surface area contributed by atoms with E-state index >= 15 is 0 Å². The van der Waals surface area contributed by atoms with E-state index in [0.717, 1.165) is 0 Å². The van der Waals surface area contributed by atoms with Crippen LogP contribution in [0.4, 0.5) is 68.2 Å². The molecule has 0 amide bonds. The summed E-state index contributed by atoms with van der Waals surface area (Å²) >= 11 is 0. The molecule has 0 fully saturated rings. The zero-order valence-electron chi connectivity index (χ0n) is 65.9. The van der Waals surface area contributed by atoms with Crippen LogP contribution in [0.3, 0.4) is 0 Å². The minimum absolute atomic E-state index is 0.580. The van der Waals surface area contributed by atoms with Crippen molar-refractivity contribution in [1.82, 2.24) is 13.4 Å². The third-order valence-electron chi connectivity index (χ3n) is 20.6. The highest BCUT2D eigenvalue weighted by atomic mass is 16.5. The van der Waals surface area contributed by atoms with Gasteiger partial charge in [0.25, 0.3) is 0 Å².